The summed E-state index contributed by atoms with van der Waals surface area (Å²) in [6.45, 7) is 4.11. The molecule has 2 N–H and O–H groups in total. The van der Waals surface area contributed by atoms with Gasteiger partial charge in [-0.2, -0.15) is 0 Å². The van der Waals surface area contributed by atoms with E-state index in [1.807, 2.05) is 0 Å². The van der Waals surface area contributed by atoms with Gasteiger partial charge in [0.1, 0.15) is 0 Å². The Labute approximate surface area is 56.3 Å². The van der Waals surface area contributed by atoms with Gasteiger partial charge in [-0.15, -0.1) is 0 Å². The van der Waals surface area contributed by atoms with Gasteiger partial charge in [0.15, 0.2) is 0 Å². The SMILES string of the molecule is CC[C@H]1CNCC[C@H]1O. The number of hydrogen-bond acceptors (Lipinski definition) is 2. The van der Waals surface area contributed by atoms with E-state index < -0.39 is 0 Å². The van der Waals surface area contributed by atoms with Gasteiger partial charge in [0.05, 0.1) is 6.10 Å². The van der Waals surface area contributed by atoms with Crippen molar-refractivity contribution >= 4 is 0 Å². The van der Waals surface area contributed by atoms with Crippen molar-refractivity contribution in [2.45, 2.75) is 25.9 Å². The molecule has 0 unspecified atom stereocenters. The predicted molar refractivity (Wildman–Crippen MR) is 37.3 cm³/mol. The first-order chi connectivity index (χ1) is 4.34. The van der Waals surface area contributed by atoms with Gasteiger partial charge in [-0.1, -0.05) is 6.92 Å². The molecule has 1 aliphatic heterocycles. The lowest BCUT2D eigenvalue weighted by molar-refractivity contribution is 0.0771. The van der Waals surface area contributed by atoms with Gasteiger partial charge >= 0.3 is 0 Å². The largest absolute Gasteiger partial charge is 0.393 e. The lowest BCUT2D eigenvalue weighted by Crippen LogP contribution is -2.39. The Morgan fingerprint density at radius 2 is 2.44 bits per heavy atom. The van der Waals surface area contributed by atoms with Crippen LogP contribution in [0, 0.1) is 5.92 Å². The molecule has 0 radical (unpaired) electrons. The summed E-state index contributed by atoms with van der Waals surface area (Å²) in [4.78, 5) is 0. The summed E-state index contributed by atoms with van der Waals surface area (Å²) in [6.07, 6.45) is 1.98. The van der Waals surface area contributed by atoms with Crippen LogP contribution in [0.1, 0.15) is 19.8 Å². The Balaban J connectivity index is 2.30. The van der Waals surface area contributed by atoms with Crippen LogP contribution in [0.25, 0.3) is 0 Å². The fourth-order valence-corrected chi connectivity index (χ4v) is 1.33. The number of nitrogens with one attached hydrogen (secondary N) is 1. The summed E-state index contributed by atoms with van der Waals surface area (Å²) < 4.78 is 0. The number of aliphatic hydroxyl groups is 1. The van der Waals surface area contributed by atoms with Crippen LogP contribution >= 0.6 is 0 Å². The maximum absolute atomic E-state index is 9.33. The number of hydrogen-bond donors (Lipinski definition) is 2. The Morgan fingerprint density at radius 3 is 2.89 bits per heavy atom. The molecule has 0 aromatic rings. The van der Waals surface area contributed by atoms with E-state index in [1.165, 1.54) is 0 Å². The van der Waals surface area contributed by atoms with Gasteiger partial charge < -0.3 is 10.4 Å². The second-order valence-electron chi connectivity index (χ2n) is 2.73. The zero-order valence-electron chi connectivity index (χ0n) is 5.93. The molecule has 1 saturated heterocycles. The minimum atomic E-state index is -0.0451. The van der Waals surface area contributed by atoms with Gasteiger partial charge in [-0.05, 0) is 25.3 Å². The first-order valence-electron chi connectivity index (χ1n) is 3.73. The maximum Gasteiger partial charge on any atom is 0.0592 e. The third-order valence-electron chi connectivity index (χ3n) is 2.09. The molecule has 0 spiro atoms. The van der Waals surface area contributed by atoms with E-state index in [4.69, 9.17) is 0 Å². The van der Waals surface area contributed by atoms with Gasteiger partial charge in [0.25, 0.3) is 0 Å². The van der Waals surface area contributed by atoms with E-state index in [9.17, 15) is 5.11 Å². The number of aliphatic hydroxyl groups excluding tert-OH is 1. The minimum absolute atomic E-state index is 0.0451. The average molecular weight is 129 g/mol. The van der Waals surface area contributed by atoms with E-state index >= 15 is 0 Å². The van der Waals surface area contributed by atoms with Crippen molar-refractivity contribution in [3.63, 3.8) is 0 Å². The minimum Gasteiger partial charge on any atom is -0.393 e. The fraction of sp³-hybridized carbons (Fsp3) is 1.00. The summed E-state index contributed by atoms with van der Waals surface area (Å²) in [5.74, 6) is 0.499. The van der Waals surface area contributed by atoms with Crippen LogP contribution in [0.2, 0.25) is 0 Å². The number of piperidine rings is 1. The molecule has 1 rings (SSSR count). The average Bonchev–Trinajstić information content (AvgIpc) is 1.89. The highest BCUT2D eigenvalue weighted by molar-refractivity contribution is 4.75. The van der Waals surface area contributed by atoms with E-state index in [2.05, 4.69) is 12.2 Å². The lowest BCUT2D eigenvalue weighted by Gasteiger charge is -2.26. The van der Waals surface area contributed by atoms with Crippen molar-refractivity contribution in [3.8, 4) is 0 Å². The second-order valence-corrected chi connectivity index (χ2v) is 2.73. The molecule has 0 saturated carbocycles. The van der Waals surface area contributed by atoms with Crippen molar-refractivity contribution in [1.82, 2.24) is 5.32 Å². The second kappa shape index (κ2) is 3.18. The first kappa shape index (κ1) is 7.03. The number of rotatable bonds is 1. The van der Waals surface area contributed by atoms with Gasteiger partial charge in [0, 0.05) is 6.54 Å². The molecule has 0 aromatic heterocycles. The molecule has 2 nitrogen and oxygen atoms in total. The van der Waals surface area contributed by atoms with Crippen LogP contribution in [-0.2, 0) is 0 Å². The van der Waals surface area contributed by atoms with Crippen molar-refractivity contribution in [1.29, 1.82) is 0 Å². The molecule has 0 bridgehead atoms. The molecule has 1 fully saturated rings. The standard InChI is InChI=1S/C7H15NO/c1-2-6-5-8-4-3-7(6)9/h6-9H,2-5H2,1H3/t6-,7+/m0/s1. The highest BCUT2D eigenvalue weighted by Gasteiger charge is 2.19. The molecular formula is C7H15NO. The smallest absolute Gasteiger partial charge is 0.0592 e. The highest BCUT2D eigenvalue weighted by atomic mass is 16.3. The van der Waals surface area contributed by atoms with E-state index in [0.717, 1.165) is 25.9 Å². The molecular weight excluding hydrogens is 114 g/mol. The summed E-state index contributed by atoms with van der Waals surface area (Å²) >= 11 is 0. The third kappa shape index (κ3) is 1.66. The zero-order valence-corrected chi connectivity index (χ0v) is 5.93. The molecule has 0 aromatic carbocycles. The fourth-order valence-electron chi connectivity index (χ4n) is 1.33. The van der Waals surface area contributed by atoms with Crippen LogP contribution in [0.15, 0.2) is 0 Å². The summed E-state index contributed by atoms with van der Waals surface area (Å²) in [5.41, 5.74) is 0. The molecule has 1 heterocycles. The molecule has 0 aliphatic carbocycles. The summed E-state index contributed by atoms with van der Waals surface area (Å²) in [5, 5.41) is 12.6. The highest BCUT2D eigenvalue weighted by Crippen LogP contribution is 2.13. The molecule has 54 valence electrons. The van der Waals surface area contributed by atoms with Crippen molar-refractivity contribution in [2.24, 2.45) is 5.92 Å². The van der Waals surface area contributed by atoms with Crippen molar-refractivity contribution < 1.29 is 5.11 Å². The van der Waals surface area contributed by atoms with Crippen LogP contribution in [0.3, 0.4) is 0 Å². The van der Waals surface area contributed by atoms with Crippen molar-refractivity contribution in [3.05, 3.63) is 0 Å². The Kier molecular flexibility index (Phi) is 2.49. The van der Waals surface area contributed by atoms with Crippen LogP contribution in [-0.4, -0.2) is 24.3 Å². The first-order valence-corrected chi connectivity index (χ1v) is 3.73. The van der Waals surface area contributed by atoms with Crippen LogP contribution in [0.4, 0.5) is 0 Å². The molecule has 1 aliphatic rings. The molecule has 0 amide bonds. The third-order valence-corrected chi connectivity index (χ3v) is 2.09. The van der Waals surface area contributed by atoms with E-state index in [0.29, 0.717) is 5.92 Å². The normalized spacial score (nSPS) is 36.7. The zero-order chi connectivity index (χ0) is 6.69. The lowest BCUT2D eigenvalue weighted by atomic mass is 9.94. The van der Waals surface area contributed by atoms with Gasteiger partial charge in [-0.3, -0.25) is 0 Å². The molecule has 9 heavy (non-hydrogen) atoms. The molecule has 2 heteroatoms. The van der Waals surface area contributed by atoms with Gasteiger partial charge in [-0.25, -0.2) is 0 Å². The molecule has 2 atom stereocenters. The van der Waals surface area contributed by atoms with Gasteiger partial charge in [0.2, 0.25) is 0 Å². The Bertz CT molecular complexity index is 85.0. The van der Waals surface area contributed by atoms with Crippen LogP contribution < -0.4 is 5.32 Å². The Hall–Kier alpha value is -0.0800. The summed E-state index contributed by atoms with van der Waals surface area (Å²) in [7, 11) is 0. The van der Waals surface area contributed by atoms with Crippen LogP contribution in [0.5, 0.6) is 0 Å². The van der Waals surface area contributed by atoms with E-state index in [-0.39, 0.29) is 6.10 Å². The Morgan fingerprint density at radius 1 is 1.67 bits per heavy atom. The summed E-state index contributed by atoms with van der Waals surface area (Å²) in [6, 6.07) is 0. The monoisotopic (exact) mass is 129 g/mol. The van der Waals surface area contributed by atoms with E-state index in [1.54, 1.807) is 0 Å². The maximum atomic E-state index is 9.33. The predicted octanol–water partition coefficient (Wildman–Crippen LogP) is 0.367. The van der Waals surface area contributed by atoms with Crippen molar-refractivity contribution in [2.75, 3.05) is 13.1 Å². The topological polar surface area (TPSA) is 32.3 Å². The quantitative estimate of drug-likeness (QED) is 0.536.